The van der Waals surface area contributed by atoms with Crippen molar-refractivity contribution in [3.63, 3.8) is 0 Å². The molecule has 1 heterocycles. The van der Waals surface area contributed by atoms with Gasteiger partial charge < -0.3 is 14.7 Å². The van der Waals surface area contributed by atoms with Crippen LogP contribution in [0.4, 0.5) is 4.39 Å². The highest BCUT2D eigenvalue weighted by Crippen LogP contribution is 2.26. The van der Waals surface area contributed by atoms with E-state index in [4.69, 9.17) is 4.74 Å². The number of ether oxygens (including phenoxy) is 1. The van der Waals surface area contributed by atoms with Crippen molar-refractivity contribution in [2.24, 2.45) is 0 Å². The van der Waals surface area contributed by atoms with Crippen molar-refractivity contribution >= 4 is 0 Å². The molecule has 0 bridgehead atoms. The number of rotatable bonds is 5. The van der Waals surface area contributed by atoms with Gasteiger partial charge in [0.15, 0.2) is 0 Å². The Balaban J connectivity index is 1.90. The second-order valence-electron chi connectivity index (χ2n) is 5.63. The number of likely N-dealkylation sites (tertiary alicyclic amines) is 1. The molecule has 1 aromatic rings. The number of benzene rings is 1. The molecule has 0 aliphatic carbocycles. The molecule has 2 atom stereocenters. The zero-order valence-corrected chi connectivity index (χ0v) is 12.3. The zero-order valence-electron chi connectivity index (χ0n) is 12.3. The van der Waals surface area contributed by atoms with Gasteiger partial charge in [0.05, 0.1) is 12.7 Å². The van der Waals surface area contributed by atoms with E-state index in [0.717, 1.165) is 13.0 Å². The Labute approximate surface area is 120 Å². The van der Waals surface area contributed by atoms with Crippen LogP contribution < -0.4 is 4.74 Å². The van der Waals surface area contributed by atoms with Crippen LogP contribution in [0, 0.1) is 5.82 Å². The quantitative estimate of drug-likeness (QED) is 0.900. The Morgan fingerprint density at radius 3 is 2.95 bits per heavy atom. The lowest BCUT2D eigenvalue weighted by Crippen LogP contribution is -2.37. The average molecular weight is 281 g/mol. The van der Waals surface area contributed by atoms with Crippen LogP contribution in [0.25, 0.3) is 0 Å². The monoisotopic (exact) mass is 281 g/mol. The van der Waals surface area contributed by atoms with Crippen LogP contribution in [0.1, 0.15) is 44.3 Å². The minimum atomic E-state index is -0.724. The van der Waals surface area contributed by atoms with Crippen molar-refractivity contribution in [1.29, 1.82) is 0 Å². The molecule has 0 spiro atoms. The summed E-state index contributed by atoms with van der Waals surface area (Å²) in [4.78, 5) is 2.38. The molecule has 4 heteroatoms. The first-order valence-electron chi connectivity index (χ1n) is 7.38. The molecule has 112 valence electrons. The topological polar surface area (TPSA) is 32.7 Å². The summed E-state index contributed by atoms with van der Waals surface area (Å²) in [6, 6.07) is 4.88. The lowest BCUT2D eigenvalue weighted by atomic mass is 10.0. The van der Waals surface area contributed by atoms with Crippen LogP contribution in [-0.4, -0.2) is 36.2 Å². The minimum absolute atomic E-state index is 0.347. The maximum atomic E-state index is 13.2. The third kappa shape index (κ3) is 3.93. The number of aliphatic hydroxyl groups is 1. The summed E-state index contributed by atoms with van der Waals surface area (Å²) in [5.41, 5.74) is 0.516. The molecule has 1 N–H and O–H groups in total. The van der Waals surface area contributed by atoms with Gasteiger partial charge in [0, 0.05) is 11.6 Å². The van der Waals surface area contributed by atoms with E-state index in [9.17, 15) is 9.50 Å². The van der Waals surface area contributed by atoms with Crippen LogP contribution in [0.2, 0.25) is 0 Å². The molecule has 20 heavy (non-hydrogen) atoms. The van der Waals surface area contributed by atoms with Gasteiger partial charge in [-0.3, -0.25) is 0 Å². The average Bonchev–Trinajstić information content (AvgIpc) is 2.42. The van der Waals surface area contributed by atoms with Gasteiger partial charge in [0.1, 0.15) is 11.6 Å². The summed E-state index contributed by atoms with van der Waals surface area (Å²) in [5, 5.41) is 9.66. The summed E-state index contributed by atoms with van der Waals surface area (Å²) in [7, 11) is 2.16. The van der Waals surface area contributed by atoms with Crippen LogP contribution in [0.3, 0.4) is 0 Å². The van der Waals surface area contributed by atoms with E-state index in [0.29, 0.717) is 24.0 Å². The molecule has 2 unspecified atom stereocenters. The molecule has 1 aliphatic rings. The number of hydrogen-bond donors (Lipinski definition) is 1. The van der Waals surface area contributed by atoms with Crippen LogP contribution in [0.5, 0.6) is 5.75 Å². The smallest absolute Gasteiger partial charge is 0.125 e. The molecule has 3 nitrogen and oxygen atoms in total. The lowest BCUT2D eigenvalue weighted by molar-refractivity contribution is 0.149. The second kappa shape index (κ2) is 7.04. The van der Waals surface area contributed by atoms with E-state index >= 15 is 0 Å². The number of nitrogens with zero attached hydrogens (tertiary/aromatic N) is 1. The highest BCUT2D eigenvalue weighted by Gasteiger charge is 2.19. The maximum absolute atomic E-state index is 13.2. The van der Waals surface area contributed by atoms with Gasteiger partial charge in [0.25, 0.3) is 0 Å². The van der Waals surface area contributed by atoms with Crippen LogP contribution in [-0.2, 0) is 0 Å². The molecule has 0 saturated carbocycles. The van der Waals surface area contributed by atoms with E-state index in [1.807, 2.05) is 0 Å². The molecule has 0 radical (unpaired) electrons. The molecule has 0 amide bonds. The largest absolute Gasteiger partial charge is 0.493 e. The third-order valence-corrected chi connectivity index (χ3v) is 4.05. The first-order valence-corrected chi connectivity index (χ1v) is 7.38. The fourth-order valence-electron chi connectivity index (χ4n) is 2.79. The van der Waals surface area contributed by atoms with Crippen molar-refractivity contribution in [3.05, 3.63) is 29.6 Å². The van der Waals surface area contributed by atoms with E-state index < -0.39 is 6.10 Å². The first kappa shape index (κ1) is 15.3. The minimum Gasteiger partial charge on any atom is -0.493 e. The van der Waals surface area contributed by atoms with Crippen molar-refractivity contribution in [1.82, 2.24) is 4.90 Å². The molecule has 2 rings (SSSR count). The first-order chi connectivity index (χ1) is 9.58. The molecule has 0 aromatic heterocycles. The van der Waals surface area contributed by atoms with Crippen LogP contribution in [0.15, 0.2) is 18.2 Å². The van der Waals surface area contributed by atoms with Crippen LogP contribution >= 0.6 is 0 Å². The standard InChI is InChI=1S/C16H24FNO2/c1-12(19)15-11-13(17)6-7-16(15)20-10-8-14-5-3-4-9-18(14)2/h6-7,11-12,14,19H,3-5,8-10H2,1-2H3. The van der Waals surface area contributed by atoms with Gasteiger partial charge in [-0.1, -0.05) is 6.42 Å². The van der Waals surface area contributed by atoms with Crippen molar-refractivity contribution in [3.8, 4) is 5.75 Å². The lowest BCUT2D eigenvalue weighted by Gasteiger charge is -2.32. The SMILES string of the molecule is CC(O)c1cc(F)ccc1OCCC1CCCCN1C. The Morgan fingerprint density at radius 1 is 1.45 bits per heavy atom. The Morgan fingerprint density at radius 2 is 2.25 bits per heavy atom. The molecule has 1 fully saturated rings. The Hall–Kier alpha value is -1.13. The summed E-state index contributed by atoms with van der Waals surface area (Å²) < 4.78 is 18.9. The number of piperidine rings is 1. The fraction of sp³-hybridized carbons (Fsp3) is 0.625. The second-order valence-corrected chi connectivity index (χ2v) is 5.63. The summed E-state index contributed by atoms with van der Waals surface area (Å²) in [6.07, 6.45) is 4.01. The molecule has 1 aromatic carbocycles. The van der Waals surface area contributed by atoms with Crippen molar-refractivity contribution < 1.29 is 14.2 Å². The summed E-state index contributed by atoms with van der Waals surface area (Å²) >= 11 is 0. The van der Waals surface area contributed by atoms with Gasteiger partial charge in [-0.15, -0.1) is 0 Å². The zero-order chi connectivity index (χ0) is 14.5. The van der Waals surface area contributed by atoms with E-state index in [1.54, 1.807) is 13.0 Å². The highest BCUT2D eigenvalue weighted by atomic mass is 19.1. The van der Waals surface area contributed by atoms with Gasteiger partial charge in [-0.25, -0.2) is 4.39 Å². The normalized spacial score (nSPS) is 21.7. The Bertz CT molecular complexity index is 436. The number of hydrogen-bond acceptors (Lipinski definition) is 3. The third-order valence-electron chi connectivity index (χ3n) is 4.05. The number of halogens is 1. The molecular formula is C16H24FNO2. The molecular weight excluding hydrogens is 257 g/mol. The highest BCUT2D eigenvalue weighted by molar-refractivity contribution is 5.35. The molecule has 1 aliphatic heterocycles. The van der Waals surface area contributed by atoms with Gasteiger partial charge >= 0.3 is 0 Å². The Kier molecular flexibility index (Phi) is 5.38. The van der Waals surface area contributed by atoms with E-state index in [-0.39, 0.29) is 5.82 Å². The predicted molar refractivity (Wildman–Crippen MR) is 77.4 cm³/mol. The van der Waals surface area contributed by atoms with Gasteiger partial charge in [-0.05, 0) is 58.0 Å². The fourth-order valence-corrected chi connectivity index (χ4v) is 2.79. The van der Waals surface area contributed by atoms with Gasteiger partial charge in [-0.2, -0.15) is 0 Å². The van der Waals surface area contributed by atoms with Crippen molar-refractivity contribution in [2.75, 3.05) is 20.2 Å². The van der Waals surface area contributed by atoms with E-state index in [1.165, 1.54) is 31.4 Å². The summed E-state index contributed by atoms with van der Waals surface area (Å²) in [6.45, 7) is 3.37. The van der Waals surface area contributed by atoms with E-state index in [2.05, 4.69) is 11.9 Å². The maximum Gasteiger partial charge on any atom is 0.125 e. The summed E-state index contributed by atoms with van der Waals surface area (Å²) in [5.74, 6) is 0.236. The number of aliphatic hydroxyl groups excluding tert-OH is 1. The predicted octanol–water partition coefficient (Wildman–Crippen LogP) is 3.13. The van der Waals surface area contributed by atoms with Crippen molar-refractivity contribution in [2.45, 2.75) is 44.8 Å². The van der Waals surface area contributed by atoms with Gasteiger partial charge in [0.2, 0.25) is 0 Å². The molecule has 1 saturated heterocycles.